The van der Waals surface area contributed by atoms with Crippen LogP contribution in [0.15, 0.2) is 24.3 Å². The lowest BCUT2D eigenvalue weighted by atomic mass is 10.0. The standard InChI is InChI=1S/C15H24N2O/c1-18-15-7-4-10-17(12-15)11-14-6-3-2-5-13(14)8-9-16/h2-3,5-6,15H,4,7-12,16H2,1H3. The molecule has 1 fully saturated rings. The maximum Gasteiger partial charge on any atom is 0.0698 e. The number of nitrogens with two attached hydrogens (primary N) is 1. The highest BCUT2D eigenvalue weighted by atomic mass is 16.5. The van der Waals surface area contributed by atoms with Crippen molar-refractivity contribution < 1.29 is 4.74 Å². The van der Waals surface area contributed by atoms with Gasteiger partial charge in [0.1, 0.15) is 0 Å². The Morgan fingerprint density at radius 1 is 1.33 bits per heavy atom. The number of hydrogen-bond donors (Lipinski definition) is 1. The van der Waals surface area contributed by atoms with Gasteiger partial charge in [0, 0.05) is 20.2 Å². The molecule has 0 amide bonds. The summed E-state index contributed by atoms with van der Waals surface area (Å²) in [6.07, 6.45) is 3.80. The van der Waals surface area contributed by atoms with Crippen molar-refractivity contribution >= 4 is 0 Å². The van der Waals surface area contributed by atoms with E-state index >= 15 is 0 Å². The van der Waals surface area contributed by atoms with E-state index in [4.69, 9.17) is 10.5 Å². The second kappa shape index (κ2) is 6.88. The molecule has 0 aromatic heterocycles. The van der Waals surface area contributed by atoms with E-state index in [1.165, 1.54) is 30.5 Å². The third-order valence-corrected chi connectivity index (χ3v) is 3.72. The fraction of sp³-hybridized carbons (Fsp3) is 0.600. The number of likely N-dealkylation sites (tertiary alicyclic amines) is 1. The molecule has 18 heavy (non-hydrogen) atoms. The van der Waals surface area contributed by atoms with E-state index < -0.39 is 0 Å². The molecule has 1 unspecified atom stereocenters. The van der Waals surface area contributed by atoms with Crippen LogP contribution in [0, 0.1) is 0 Å². The zero-order chi connectivity index (χ0) is 12.8. The van der Waals surface area contributed by atoms with Crippen LogP contribution < -0.4 is 5.73 Å². The molecule has 1 aliphatic heterocycles. The Morgan fingerprint density at radius 2 is 2.11 bits per heavy atom. The van der Waals surface area contributed by atoms with Crippen molar-refractivity contribution in [1.82, 2.24) is 4.90 Å². The normalized spacial score (nSPS) is 21.1. The monoisotopic (exact) mass is 248 g/mol. The Hall–Kier alpha value is -0.900. The van der Waals surface area contributed by atoms with Gasteiger partial charge in [-0.15, -0.1) is 0 Å². The minimum Gasteiger partial charge on any atom is -0.380 e. The molecule has 2 N–H and O–H groups in total. The largest absolute Gasteiger partial charge is 0.380 e. The molecule has 0 aliphatic carbocycles. The number of piperidine rings is 1. The quantitative estimate of drug-likeness (QED) is 0.863. The van der Waals surface area contributed by atoms with Crippen LogP contribution in [-0.4, -0.2) is 37.7 Å². The van der Waals surface area contributed by atoms with Gasteiger partial charge < -0.3 is 10.5 Å². The summed E-state index contributed by atoms with van der Waals surface area (Å²) in [6.45, 7) is 3.97. The van der Waals surface area contributed by atoms with Crippen molar-refractivity contribution in [3.63, 3.8) is 0 Å². The molecular weight excluding hydrogens is 224 g/mol. The molecule has 1 aromatic carbocycles. The molecule has 0 spiro atoms. The summed E-state index contributed by atoms with van der Waals surface area (Å²) in [4.78, 5) is 2.49. The molecule has 1 atom stereocenters. The summed E-state index contributed by atoms with van der Waals surface area (Å²) >= 11 is 0. The first-order valence-electron chi connectivity index (χ1n) is 6.85. The molecule has 0 radical (unpaired) electrons. The van der Waals surface area contributed by atoms with E-state index in [-0.39, 0.29) is 0 Å². The molecule has 3 nitrogen and oxygen atoms in total. The van der Waals surface area contributed by atoms with Crippen LogP contribution in [0.1, 0.15) is 24.0 Å². The number of rotatable bonds is 5. The third kappa shape index (κ3) is 3.55. The number of ether oxygens (including phenoxy) is 1. The Balaban J connectivity index is 1.99. The van der Waals surface area contributed by atoms with Gasteiger partial charge in [-0.25, -0.2) is 0 Å². The minimum atomic E-state index is 0.403. The smallest absolute Gasteiger partial charge is 0.0698 e. The second-order valence-electron chi connectivity index (χ2n) is 5.04. The van der Waals surface area contributed by atoms with Gasteiger partial charge >= 0.3 is 0 Å². The van der Waals surface area contributed by atoms with Gasteiger partial charge in [0.15, 0.2) is 0 Å². The molecule has 0 bridgehead atoms. The summed E-state index contributed by atoms with van der Waals surface area (Å²) < 4.78 is 5.48. The fourth-order valence-corrected chi connectivity index (χ4v) is 2.70. The molecule has 2 rings (SSSR count). The van der Waals surface area contributed by atoms with Gasteiger partial charge in [0.05, 0.1) is 6.10 Å². The maximum atomic E-state index is 5.67. The molecule has 1 aromatic rings. The maximum absolute atomic E-state index is 5.67. The zero-order valence-electron chi connectivity index (χ0n) is 11.3. The van der Waals surface area contributed by atoms with Gasteiger partial charge in [-0.3, -0.25) is 4.90 Å². The first-order valence-corrected chi connectivity index (χ1v) is 6.85. The van der Waals surface area contributed by atoms with E-state index in [0.717, 1.165) is 26.1 Å². The molecule has 100 valence electrons. The first-order chi connectivity index (χ1) is 8.83. The molecule has 0 saturated carbocycles. The number of benzene rings is 1. The van der Waals surface area contributed by atoms with Crippen LogP contribution >= 0.6 is 0 Å². The van der Waals surface area contributed by atoms with Crippen molar-refractivity contribution in [3.05, 3.63) is 35.4 Å². The molecule has 3 heteroatoms. The van der Waals surface area contributed by atoms with Crippen LogP contribution in [0.4, 0.5) is 0 Å². The van der Waals surface area contributed by atoms with Crippen molar-refractivity contribution in [2.24, 2.45) is 5.73 Å². The van der Waals surface area contributed by atoms with Gasteiger partial charge in [-0.05, 0) is 43.5 Å². The Labute approximate surface area is 110 Å². The average molecular weight is 248 g/mol. The lowest BCUT2D eigenvalue weighted by molar-refractivity contribution is 0.0285. The lowest BCUT2D eigenvalue weighted by Gasteiger charge is -2.32. The summed E-state index contributed by atoms with van der Waals surface area (Å²) in [7, 11) is 1.82. The van der Waals surface area contributed by atoms with Gasteiger partial charge in [-0.2, -0.15) is 0 Å². The molecular formula is C15H24N2O. The topological polar surface area (TPSA) is 38.5 Å². The SMILES string of the molecule is COC1CCCN(Cc2ccccc2CCN)C1. The van der Waals surface area contributed by atoms with Crippen molar-refractivity contribution in [3.8, 4) is 0 Å². The molecule has 1 saturated heterocycles. The van der Waals surface area contributed by atoms with Crippen LogP contribution in [0.3, 0.4) is 0 Å². The zero-order valence-corrected chi connectivity index (χ0v) is 11.3. The predicted molar refractivity (Wildman–Crippen MR) is 74.5 cm³/mol. The number of methoxy groups -OCH3 is 1. The summed E-state index contributed by atoms with van der Waals surface area (Å²) in [5.74, 6) is 0. The first kappa shape index (κ1) is 13.5. The van der Waals surface area contributed by atoms with E-state index in [1.54, 1.807) is 0 Å². The van der Waals surface area contributed by atoms with Crippen LogP contribution in [0.2, 0.25) is 0 Å². The Kier molecular flexibility index (Phi) is 5.17. The van der Waals surface area contributed by atoms with Crippen molar-refractivity contribution in [2.45, 2.75) is 31.9 Å². The number of hydrogen-bond acceptors (Lipinski definition) is 3. The summed E-state index contributed by atoms with van der Waals surface area (Å²) in [5, 5.41) is 0. The van der Waals surface area contributed by atoms with Crippen molar-refractivity contribution in [2.75, 3.05) is 26.7 Å². The average Bonchev–Trinajstić information content (AvgIpc) is 2.41. The van der Waals surface area contributed by atoms with E-state index in [9.17, 15) is 0 Å². The highest BCUT2D eigenvalue weighted by Crippen LogP contribution is 2.17. The van der Waals surface area contributed by atoms with E-state index in [2.05, 4.69) is 29.2 Å². The highest BCUT2D eigenvalue weighted by Gasteiger charge is 2.19. The molecule has 1 aliphatic rings. The second-order valence-corrected chi connectivity index (χ2v) is 5.04. The molecule has 1 heterocycles. The number of nitrogens with zero attached hydrogens (tertiary/aromatic N) is 1. The lowest BCUT2D eigenvalue weighted by Crippen LogP contribution is -2.38. The van der Waals surface area contributed by atoms with Gasteiger partial charge in [0.25, 0.3) is 0 Å². The van der Waals surface area contributed by atoms with Crippen LogP contribution in [0.25, 0.3) is 0 Å². The Morgan fingerprint density at radius 3 is 2.83 bits per heavy atom. The highest BCUT2D eigenvalue weighted by molar-refractivity contribution is 5.27. The fourth-order valence-electron chi connectivity index (χ4n) is 2.70. The Bertz CT molecular complexity index is 367. The third-order valence-electron chi connectivity index (χ3n) is 3.72. The van der Waals surface area contributed by atoms with Crippen molar-refractivity contribution in [1.29, 1.82) is 0 Å². The van der Waals surface area contributed by atoms with E-state index in [1.807, 2.05) is 7.11 Å². The van der Waals surface area contributed by atoms with Gasteiger partial charge in [-0.1, -0.05) is 24.3 Å². The minimum absolute atomic E-state index is 0.403. The summed E-state index contributed by atoms with van der Waals surface area (Å²) in [5.41, 5.74) is 8.48. The van der Waals surface area contributed by atoms with E-state index in [0.29, 0.717) is 6.10 Å². The van der Waals surface area contributed by atoms with Crippen LogP contribution in [-0.2, 0) is 17.7 Å². The van der Waals surface area contributed by atoms with Gasteiger partial charge in [0.2, 0.25) is 0 Å². The predicted octanol–water partition coefficient (Wildman–Crippen LogP) is 1.80. The summed E-state index contributed by atoms with van der Waals surface area (Å²) in [6, 6.07) is 8.64. The van der Waals surface area contributed by atoms with Crippen LogP contribution in [0.5, 0.6) is 0 Å².